The standard InChI is InChI=1S/C16H21N/c1-2-13-8-9-16-14(12-13)10-11-17(16)15-6-4-3-5-7-15/h2,8-9,12,15H,1,3-7,10-11H2. The highest BCUT2D eigenvalue weighted by Crippen LogP contribution is 2.34. The maximum absolute atomic E-state index is 3.85. The Morgan fingerprint density at radius 3 is 2.76 bits per heavy atom. The van der Waals surface area contributed by atoms with Gasteiger partial charge in [0, 0.05) is 18.3 Å². The monoisotopic (exact) mass is 227 g/mol. The summed E-state index contributed by atoms with van der Waals surface area (Å²) in [6.45, 7) is 5.07. The quantitative estimate of drug-likeness (QED) is 0.737. The lowest BCUT2D eigenvalue weighted by Crippen LogP contribution is -2.35. The Bertz CT molecular complexity index is 416. The van der Waals surface area contributed by atoms with Gasteiger partial charge in [0.05, 0.1) is 0 Å². The predicted octanol–water partition coefficient (Wildman–Crippen LogP) is 4.02. The molecule has 1 heterocycles. The molecule has 0 spiro atoms. The van der Waals surface area contributed by atoms with Gasteiger partial charge in [0.1, 0.15) is 0 Å². The highest BCUT2D eigenvalue weighted by atomic mass is 15.2. The van der Waals surface area contributed by atoms with Gasteiger partial charge in [-0.25, -0.2) is 0 Å². The number of fused-ring (bicyclic) bond motifs is 1. The zero-order valence-corrected chi connectivity index (χ0v) is 10.5. The molecule has 1 aromatic carbocycles. The third kappa shape index (κ3) is 1.99. The van der Waals surface area contributed by atoms with Crippen LogP contribution in [0.15, 0.2) is 24.8 Å². The SMILES string of the molecule is C=Cc1ccc2c(c1)CCN2C1CCCCC1. The van der Waals surface area contributed by atoms with E-state index in [1.165, 1.54) is 61.9 Å². The summed E-state index contributed by atoms with van der Waals surface area (Å²) in [5, 5.41) is 0. The normalized spacial score (nSPS) is 20.4. The van der Waals surface area contributed by atoms with Gasteiger partial charge in [-0.15, -0.1) is 0 Å². The van der Waals surface area contributed by atoms with E-state index in [0.29, 0.717) is 0 Å². The average molecular weight is 227 g/mol. The number of nitrogens with zero attached hydrogens (tertiary/aromatic N) is 1. The van der Waals surface area contributed by atoms with Crippen LogP contribution in [0.1, 0.15) is 43.2 Å². The molecule has 1 saturated carbocycles. The smallest absolute Gasteiger partial charge is 0.0402 e. The van der Waals surface area contributed by atoms with Crippen molar-refractivity contribution in [2.75, 3.05) is 11.4 Å². The summed E-state index contributed by atoms with van der Waals surface area (Å²) in [6, 6.07) is 7.62. The van der Waals surface area contributed by atoms with E-state index < -0.39 is 0 Å². The summed E-state index contributed by atoms with van der Waals surface area (Å²) in [5.41, 5.74) is 4.27. The van der Waals surface area contributed by atoms with E-state index >= 15 is 0 Å². The summed E-state index contributed by atoms with van der Waals surface area (Å²) in [5.74, 6) is 0. The van der Waals surface area contributed by atoms with Crippen molar-refractivity contribution in [2.45, 2.75) is 44.6 Å². The molecule has 1 fully saturated rings. The van der Waals surface area contributed by atoms with Crippen LogP contribution in [0.4, 0.5) is 5.69 Å². The molecule has 17 heavy (non-hydrogen) atoms. The van der Waals surface area contributed by atoms with Gasteiger partial charge >= 0.3 is 0 Å². The maximum Gasteiger partial charge on any atom is 0.0402 e. The summed E-state index contributed by atoms with van der Waals surface area (Å²) >= 11 is 0. The Kier molecular flexibility index (Phi) is 2.92. The lowest BCUT2D eigenvalue weighted by atomic mass is 9.94. The minimum Gasteiger partial charge on any atom is -0.368 e. The second-order valence-electron chi connectivity index (χ2n) is 5.33. The van der Waals surface area contributed by atoms with Crippen LogP contribution in [0.5, 0.6) is 0 Å². The molecular weight excluding hydrogens is 206 g/mol. The summed E-state index contributed by atoms with van der Waals surface area (Å²) in [7, 11) is 0. The third-order valence-corrected chi connectivity index (χ3v) is 4.29. The van der Waals surface area contributed by atoms with E-state index in [0.717, 1.165) is 6.04 Å². The number of anilines is 1. The summed E-state index contributed by atoms with van der Waals surface area (Å²) in [6.07, 6.45) is 10.2. The van der Waals surface area contributed by atoms with Gasteiger partial charge < -0.3 is 4.90 Å². The Hall–Kier alpha value is -1.24. The summed E-state index contributed by atoms with van der Waals surface area (Å²) < 4.78 is 0. The first kappa shape index (κ1) is 10.9. The molecule has 90 valence electrons. The third-order valence-electron chi connectivity index (χ3n) is 4.29. The van der Waals surface area contributed by atoms with Crippen LogP contribution in [-0.2, 0) is 6.42 Å². The molecule has 1 nitrogen and oxygen atoms in total. The molecule has 2 aliphatic rings. The molecule has 0 saturated heterocycles. The minimum atomic E-state index is 0.805. The first-order valence-electron chi connectivity index (χ1n) is 6.90. The van der Waals surface area contributed by atoms with E-state index in [4.69, 9.17) is 0 Å². The first-order chi connectivity index (χ1) is 8.38. The van der Waals surface area contributed by atoms with Crippen molar-refractivity contribution in [3.63, 3.8) is 0 Å². The fraction of sp³-hybridized carbons (Fsp3) is 0.500. The van der Waals surface area contributed by atoms with E-state index in [1.54, 1.807) is 0 Å². The van der Waals surface area contributed by atoms with Crippen molar-refractivity contribution in [3.05, 3.63) is 35.9 Å². The topological polar surface area (TPSA) is 3.24 Å². The van der Waals surface area contributed by atoms with Gasteiger partial charge in [-0.2, -0.15) is 0 Å². The van der Waals surface area contributed by atoms with E-state index in [2.05, 4.69) is 29.7 Å². The van der Waals surface area contributed by atoms with E-state index in [9.17, 15) is 0 Å². The molecule has 1 aliphatic heterocycles. The molecule has 0 amide bonds. The van der Waals surface area contributed by atoms with Crippen LogP contribution in [0.2, 0.25) is 0 Å². The van der Waals surface area contributed by atoms with Crippen molar-refractivity contribution in [2.24, 2.45) is 0 Å². The minimum absolute atomic E-state index is 0.805. The van der Waals surface area contributed by atoms with Crippen LogP contribution in [0.3, 0.4) is 0 Å². The zero-order chi connectivity index (χ0) is 11.7. The largest absolute Gasteiger partial charge is 0.368 e. The fourth-order valence-electron chi connectivity index (χ4n) is 3.35. The van der Waals surface area contributed by atoms with Crippen LogP contribution >= 0.6 is 0 Å². The van der Waals surface area contributed by atoms with Crippen molar-refractivity contribution in [1.82, 2.24) is 0 Å². The molecular formula is C16H21N. The van der Waals surface area contributed by atoms with E-state index in [1.807, 2.05) is 6.08 Å². The Morgan fingerprint density at radius 2 is 2.00 bits per heavy atom. The molecule has 3 rings (SSSR count). The Morgan fingerprint density at radius 1 is 1.18 bits per heavy atom. The molecule has 0 atom stereocenters. The highest BCUT2D eigenvalue weighted by molar-refractivity contribution is 5.63. The van der Waals surface area contributed by atoms with Gasteiger partial charge in [0.2, 0.25) is 0 Å². The lowest BCUT2D eigenvalue weighted by molar-refractivity contribution is 0.420. The maximum atomic E-state index is 3.85. The Labute approximate surface area is 104 Å². The van der Waals surface area contributed by atoms with E-state index in [-0.39, 0.29) is 0 Å². The van der Waals surface area contributed by atoms with Crippen LogP contribution < -0.4 is 4.90 Å². The molecule has 0 aromatic heterocycles. The molecule has 0 unspecified atom stereocenters. The van der Waals surface area contributed by atoms with Crippen molar-refractivity contribution < 1.29 is 0 Å². The molecule has 0 N–H and O–H groups in total. The van der Waals surface area contributed by atoms with Crippen LogP contribution in [0.25, 0.3) is 6.08 Å². The lowest BCUT2D eigenvalue weighted by Gasteiger charge is -2.33. The second kappa shape index (κ2) is 4.56. The van der Waals surface area contributed by atoms with Crippen molar-refractivity contribution >= 4 is 11.8 Å². The van der Waals surface area contributed by atoms with Crippen molar-refractivity contribution in [1.29, 1.82) is 0 Å². The van der Waals surface area contributed by atoms with Gasteiger partial charge in [-0.05, 0) is 42.5 Å². The van der Waals surface area contributed by atoms with Crippen LogP contribution in [-0.4, -0.2) is 12.6 Å². The van der Waals surface area contributed by atoms with Crippen molar-refractivity contribution in [3.8, 4) is 0 Å². The van der Waals surface area contributed by atoms with Gasteiger partial charge in [0.15, 0.2) is 0 Å². The number of hydrogen-bond donors (Lipinski definition) is 0. The molecule has 1 aliphatic carbocycles. The first-order valence-corrected chi connectivity index (χ1v) is 6.90. The number of hydrogen-bond acceptors (Lipinski definition) is 1. The number of benzene rings is 1. The predicted molar refractivity (Wildman–Crippen MR) is 74.5 cm³/mol. The average Bonchev–Trinajstić information content (AvgIpc) is 2.82. The second-order valence-corrected chi connectivity index (χ2v) is 5.33. The van der Waals surface area contributed by atoms with Gasteiger partial charge in [-0.1, -0.05) is 38.0 Å². The van der Waals surface area contributed by atoms with Crippen LogP contribution in [0, 0.1) is 0 Å². The molecule has 1 aromatic rings. The number of rotatable bonds is 2. The fourth-order valence-corrected chi connectivity index (χ4v) is 3.35. The highest BCUT2D eigenvalue weighted by Gasteiger charge is 2.26. The van der Waals surface area contributed by atoms with Gasteiger partial charge in [-0.3, -0.25) is 0 Å². The molecule has 0 radical (unpaired) electrons. The zero-order valence-electron chi connectivity index (χ0n) is 10.5. The summed E-state index contributed by atoms with van der Waals surface area (Å²) in [4.78, 5) is 2.65. The molecule has 0 bridgehead atoms. The van der Waals surface area contributed by atoms with Gasteiger partial charge in [0.25, 0.3) is 0 Å². The molecule has 1 heteroatoms. The Balaban J connectivity index is 1.85.